The number of nitrogens with zero attached hydrogens (tertiary/aromatic N) is 1. The minimum absolute atomic E-state index is 0.0577. The molecule has 0 bridgehead atoms. The standard InChI is InChI=1S/C23H35NO5/c1-15-5-8-18(9-6-15)29-21-11-17(7-10-20(21)28-4)19-12-24(22(27)13-25)14-23(19,3)16(2)26/h7,10-11,15-16,18-19,25-26H,5-6,8-9,12-14H2,1-4H3/t15?,16-,18?,19?,23?/m0/s1. The Hall–Kier alpha value is -1.79. The number of aliphatic hydroxyl groups is 2. The van der Waals surface area contributed by atoms with E-state index < -0.39 is 18.1 Å². The van der Waals surface area contributed by atoms with Gasteiger partial charge in [-0.3, -0.25) is 4.79 Å². The number of carbonyl (C=O) groups is 1. The number of hydrogen-bond donors (Lipinski definition) is 2. The van der Waals surface area contributed by atoms with E-state index in [4.69, 9.17) is 9.47 Å². The summed E-state index contributed by atoms with van der Waals surface area (Å²) >= 11 is 0. The van der Waals surface area contributed by atoms with E-state index in [0.29, 0.717) is 18.8 Å². The first kappa shape index (κ1) is 21.9. The zero-order valence-electron chi connectivity index (χ0n) is 18.1. The summed E-state index contributed by atoms with van der Waals surface area (Å²) < 4.78 is 11.9. The summed E-state index contributed by atoms with van der Waals surface area (Å²) in [4.78, 5) is 13.8. The van der Waals surface area contributed by atoms with Crippen molar-refractivity contribution in [2.75, 3.05) is 26.8 Å². The number of benzene rings is 1. The Bertz CT molecular complexity index is 713. The van der Waals surface area contributed by atoms with Crippen LogP contribution in [0.1, 0.15) is 57.9 Å². The fourth-order valence-electron chi connectivity index (χ4n) is 4.74. The van der Waals surface area contributed by atoms with Gasteiger partial charge in [-0.2, -0.15) is 0 Å². The number of likely N-dealkylation sites (tertiary alicyclic amines) is 1. The molecule has 1 saturated heterocycles. The van der Waals surface area contributed by atoms with Crippen molar-refractivity contribution >= 4 is 5.91 Å². The third-order valence-electron chi connectivity index (χ3n) is 7.02. The lowest BCUT2D eigenvalue weighted by Gasteiger charge is -2.34. The molecule has 0 radical (unpaired) electrons. The summed E-state index contributed by atoms with van der Waals surface area (Å²) in [5, 5.41) is 19.8. The van der Waals surface area contributed by atoms with Crippen molar-refractivity contribution in [1.29, 1.82) is 0 Å². The average molecular weight is 406 g/mol. The molecule has 162 valence electrons. The molecule has 3 atom stereocenters. The Kier molecular flexibility index (Phi) is 6.74. The number of ether oxygens (including phenoxy) is 2. The van der Waals surface area contributed by atoms with Crippen LogP contribution >= 0.6 is 0 Å². The van der Waals surface area contributed by atoms with E-state index in [2.05, 4.69) is 6.92 Å². The fraction of sp³-hybridized carbons (Fsp3) is 0.696. The lowest BCUT2D eigenvalue weighted by atomic mass is 9.72. The second-order valence-electron chi connectivity index (χ2n) is 9.08. The first-order valence-electron chi connectivity index (χ1n) is 10.7. The number of methoxy groups -OCH3 is 1. The van der Waals surface area contributed by atoms with Gasteiger partial charge in [0.1, 0.15) is 6.61 Å². The Morgan fingerprint density at radius 1 is 1.28 bits per heavy atom. The molecule has 1 aromatic carbocycles. The van der Waals surface area contributed by atoms with Gasteiger partial charge in [-0.1, -0.05) is 19.9 Å². The zero-order chi connectivity index (χ0) is 21.2. The molecule has 1 aliphatic heterocycles. The SMILES string of the molecule is COc1ccc(C2CN(C(=O)CO)CC2(C)[C@H](C)O)cc1OC1CCC(C)CC1. The van der Waals surface area contributed by atoms with Crippen molar-refractivity contribution in [3.63, 3.8) is 0 Å². The summed E-state index contributed by atoms with van der Waals surface area (Å²) in [7, 11) is 1.64. The Balaban J connectivity index is 1.87. The lowest BCUT2D eigenvalue weighted by Crippen LogP contribution is -2.38. The van der Waals surface area contributed by atoms with E-state index in [9.17, 15) is 15.0 Å². The molecular formula is C23H35NO5. The molecule has 1 aromatic rings. The van der Waals surface area contributed by atoms with Gasteiger partial charge in [0.05, 0.1) is 19.3 Å². The van der Waals surface area contributed by atoms with Crippen molar-refractivity contribution in [1.82, 2.24) is 4.90 Å². The molecular weight excluding hydrogens is 370 g/mol. The largest absolute Gasteiger partial charge is 0.493 e. The van der Waals surface area contributed by atoms with Gasteiger partial charge in [-0.15, -0.1) is 0 Å². The monoisotopic (exact) mass is 405 g/mol. The molecule has 1 saturated carbocycles. The maximum atomic E-state index is 12.1. The molecule has 1 amide bonds. The zero-order valence-corrected chi connectivity index (χ0v) is 18.1. The maximum Gasteiger partial charge on any atom is 0.248 e. The molecule has 6 nitrogen and oxygen atoms in total. The Labute approximate surface area is 173 Å². The summed E-state index contributed by atoms with van der Waals surface area (Å²) in [6, 6.07) is 5.91. The molecule has 2 unspecified atom stereocenters. The molecule has 2 aliphatic rings. The first-order chi connectivity index (χ1) is 13.8. The van der Waals surface area contributed by atoms with Crippen LogP contribution in [0.15, 0.2) is 18.2 Å². The van der Waals surface area contributed by atoms with Crippen LogP contribution in [0.2, 0.25) is 0 Å². The van der Waals surface area contributed by atoms with Crippen LogP contribution in [-0.2, 0) is 4.79 Å². The van der Waals surface area contributed by atoms with Gasteiger partial charge in [0, 0.05) is 24.4 Å². The minimum atomic E-state index is -0.602. The highest BCUT2D eigenvalue weighted by molar-refractivity contribution is 5.77. The lowest BCUT2D eigenvalue weighted by molar-refractivity contribution is -0.133. The van der Waals surface area contributed by atoms with Crippen LogP contribution in [0.4, 0.5) is 0 Å². The molecule has 2 N–H and O–H groups in total. The van der Waals surface area contributed by atoms with Crippen LogP contribution in [0.3, 0.4) is 0 Å². The van der Waals surface area contributed by atoms with Gasteiger partial charge >= 0.3 is 0 Å². The molecule has 0 spiro atoms. The molecule has 1 heterocycles. The van der Waals surface area contributed by atoms with Gasteiger partial charge in [-0.05, 0) is 56.2 Å². The molecule has 1 aliphatic carbocycles. The summed E-state index contributed by atoms with van der Waals surface area (Å²) in [6.07, 6.45) is 4.02. The number of hydrogen-bond acceptors (Lipinski definition) is 5. The highest BCUT2D eigenvalue weighted by Crippen LogP contribution is 2.47. The number of amides is 1. The number of rotatable bonds is 6. The molecule has 6 heteroatoms. The minimum Gasteiger partial charge on any atom is -0.493 e. The summed E-state index contributed by atoms with van der Waals surface area (Å²) in [6.45, 7) is 6.42. The quantitative estimate of drug-likeness (QED) is 0.761. The van der Waals surface area contributed by atoms with Gasteiger partial charge < -0.3 is 24.6 Å². The van der Waals surface area contributed by atoms with Crippen molar-refractivity contribution in [3.05, 3.63) is 23.8 Å². The molecule has 29 heavy (non-hydrogen) atoms. The van der Waals surface area contributed by atoms with Gasteiger partial charge in [0.15, 0.2) is 11.5 Å². The van der Waals surface area contributed by atoms with Crippen LogP contribution < -0.4 is 9.47 Å². The highest BCUT2D eigenvalue weighted by atomic mass is 16.5. The predicted octanol–water partition coefficient (Wildman–Crippen LogP) is 2.96. The topological polar surface area (TPSA) is 79.2 Å². The summed E-state index contributed by atoms with van der Waals surface area (Å²) in [5.41, 5.74) is 0.512. The third kappa shape index (κ3) is 4.53. The maximum absolute atomic E-state index is 12.1. The van der Waals surface area contributed by atoms with Crippen LogP contribution in [0, 0.1) is 11.3 Å². The summed E-state index contributed by atoms with van der Waals surface area (Å²) in [5.74, 6) is 1.82. The Morgan fingerprint density at radius 3 is 2.55 bits per heavy atom. The van der Waals surface area contributed by atoms with E-state index in [1.165, 1.54) is 12.8 Å². The Morgan fingerprint density at radius 2 is 1.97 bits per heavy atom. The van der Waals surface area contributed by atoms with Crippen molar-refractivity contribution in [3.8, 4) is 11.5 Å². The molecule has 0 aromatic heterocycles. The normalized spacial score (nSPS) is 30.8. The van der Waals surface area contributed by atoms with E-state index >= 15 is 0 Å². The molecule has 2 fully saturated rings. The molecule has 3 rings (SSSR count). The first-order valence-corrected chi connectivity index (χ1v) is 10.7. The van der Waals surface area contributed by atoms with E-state index in [1.807, 2.05) is 25.1 Å². The van der Waals surface area contributed by atoms with E-state index in [0.717, 1.165) is 30.1 Å². The van der Waals surface area contributed by atoms with E-state index in [1.54, 1.807) is 18.9 Å². The van der Waals surface area contributed by atoms with Gasteiger partial charge in [-0.25, -0.2) is 0 Å². The fourth-order valence-corrected chi connectivity index (χ4v) is 4.74. The highest BCUT2D eigenvalue weighted by Gasteiger charge is 2.48. The van der Waals surface area contributed by atoms with Crippen LogP contribution in [0.5, 0.6) is 11.5 Å². The van der Waals surface area contributed by atoms with Crippen molar-refractivity contribution in [2.24, 2.45) is 11.3 Å². The van der Waals surface area contributed by atoms with Crippen LogP contribution in [0.25, 0.3) is 0 Å². The van der Waals surface area contributed by atoms with Gasteiger partial charge in [0.2, 0.25) is 5.91 Å². The second-order valence-corrected chi connectivity index (χ2v) is 9.08. The van der Waals surface area contributed by atoms with E-state index in [-0.39, 0.29) is 17.9 Å². The van der Waals surface area contributed by atoms with Crippen molar-refractivity contribution < 1.29 is 24.5 Å². The number of carbonyl (C=O) groups excluding carboxylic acids is 1. The van der Waals surface area contributed by atoms with Crippen LogP contribution in [-0.4, -0.2) is 60.0 Å². The van der Waals surface area contributed by atoms with Gasteiger partial charge in [0.25, 0.3) is 0 Å². The van der Waals surface area contributed by atoms with Crippen molar-refractivity contribution in [2.45, 2.75) is 64.6 Å². The predicted molar refractivity (Wildman–Crippen MR) is 111 cm³/mol. The number of aliphatic hydroxyl groups excluding tert-OH is 2. The smallest absolute Gasteiger partial charge is 0.248 e. The second kappa shape index (κ2) is 8.92. The third-order valence-corrected chi connectivity index (χ3v) is 7.02. The average Bonchev–Trinajstić information content (AvgIpc) is 3.08.